The maximum Gasteiger partial charge on any atom is 0.00433 e. The zero-order chi connectivity index (χ0) is 9.52. The minimum absolute atomic E-state index is 0.295. The first-order chi connectivity index (χ1) is 5.36. The second-order valence-corrected chi connectivity index (χ2v) is 4.73. The molecule has 0 unspecified atom stereocenters. The summed E-state index contributed by atoms with van der Waals surface area (Å²) < 4.78 is 0. The van der Waals surface area contributed by atoms with E-state index in [1.807, 2.05) is 0 Å². The number of rotatable bonds is 1. The van der Waals surface area contributed by atoms with Crippen LogP contribution in [0.25, 0.3) is 0 Å². The van der Waals surface area contributed by atoms with Gasteiger partial charge in [-0.1, -0.05) is 39.3 Å². The van der Waals surface area contributed by atoms with Crippen LogP contribution < -0.4 is 0 Å². The molecular formula is C12H20. The Balaban J connectivity index is 3.10. The fraction of sp³-hybridized carbons (Fsp3) is 0.667. The van der Waals surface area contributed by atoms with Crippen LogP contribution in [0.1, 0.15) is 41.5 Å². The van der Waals surface area contributed by atoms with Gasteiger partial charge < -0.3 is 0 Å². The predicted octanol–water partition coefficient (Wildman–Crippen LogP) is 3.95. The average Bonchev–Trinajstić information content (AvgIpc) is 2.14. The molecule has 0 nitrogen and oxygen atoms in total. The van der Waals surface area contributed by atoms with E-state index in [4.69, 9.17) is 0 Å². The van der Waals surface area contributed by atoms with Gasteiger partial charge in [0.1, 0.15) is 0 Å². The second-order valence-electron chi connectivity index (χ2n) is 4.73. The van der Waals surface area contributed by atoms with Gasteiger partial charge in [-0.3, -0.25) is 0 Å². The Morgan fingerprint density at radius 2 is 1.67 bits per heavy atom. The molecule has 0 fully saturated rings. The summed E-state index contributed by atoms with van der Waals surface area (Å²) >= 11 is 0. The zero-order valence-electron chi connectivity index (χ0n) is 9.15. The predicted molar refractivity (Wildman–Crippen MR) is 55.1 cm³/mol. The van der Waals surface area contributed by atoms with Crippen molar-refractivity contribution in [3.8, 4) is 0 Å². The van der Waals surface area contributed by atoms with Gasteiger partial charge in [0.25, 0.3) is 0 Å². The van der Waals surface area contributed by atoms with Gasteiger partial charge in [-0.05, 0) is 30.9 Å². The summed E-state index contributed by atoms with van der Waals surface area (Å²) in [6, 6.07) is 0. The first-order valence-electron chi connectivity index (χ1n) is 4.77. The Morgan fingerprint density at radius 3 is 1.83 bits per heavy atom. The van der Waals surface area contributed by atoms with Gasteiger partial charge >= 0.3 is 0 Å². The topological polar surface area (TPSA) is 0 Å². The van der Waals surface area contributed by atoms with E-state index in [0.29, 0.717) is 11.3 Å². The third kappa shape index (κ3) is 1.35. The molecule has 0 aromatic heterocycles. The lowest BCUT2D eigenvalue weighted by Crippen LogP contribution is -2.05. The van der Waals surface area contributed by atoms with Crippen molar-refractivity contribution in [2.24, 2.45) is 11.3 Å². The Hall–Kier alpha value is -0.520. The van der Waals surface area contributed by atoms with Crippen molar-refractivity contribution in [1.29, 1.82) is 0 Å². The van der Waals surface area contributed by atoms with Gasteiger partial charge in [-0.15, -0.1) is 0 Å². The Bertz CT molecular complexity index is 249. The maximum absolute atomic E-state index is 2.42. The summed E-state index contributed by atoms with van der Waals surface area (Å²) in [6.45, 7) is 13.6. The molecule has 0 N–H and O–H groups in total. The first-order valence-corrected chi connectivity index (χ1v) is 4.77. The van der Waals surface area contributed by atoms with Crippen molar-refractivity contribution in [2.75, 3.05) is 0 Å². The smallest absolute Gasteiger partial charge is 0.00433 e. The molecule has 0 bridgehead atoms. The van der Waals surface area contributed by atoms with Crippen LogP contribution in [0.4, 0.5) is 0 Å². The molecule has 12 heavy (non-hydrogen) atoms. The molecule has 0 aliphatic heterocycles. The highest BCUT2D eigenvalue weighted by molar-refractivity contribution is 5.46. The summed E-state index contributed by atoms with van der Waals surface area (Å²) in [5, 5.41) is 0. The highest BCUT2D eigenvalue weighted by Gasteiger charge is 2.27. The molecule has 0 aromatic carbocycles. The quantitative estimate of drug-likeness (QED) is 0.550. The molecule has 68 valence electrons. The van der Waals surface area contributed by atoms with Gasteiger partial charge in [-0.2, -0.15) is 0 Å². The molecule has 0 saturated carbocycles. The van der Waals surface area contributed by atoms with Gasteiger partial charge in [0.05, 0.1) is 0 Å². The van der Waals surface area contributed by atoms with Crippen molar-refractivity contribution in [1.82, 2.24) is 0 Å². The molecule has 1 rings (SSSR count). The van der Waals surface area contributed by atoms with E-state index in [2.05, 4.69) is 47.6 Å². The van der Waals surface area contributed by atoms with E-state index >= 15 is 0 Å². The van der Waals surface area contributed by atoms with Crippen molar-refractivity contribution in [3.05, 3.63) is 22.8 Å². The summed E-state index contributed by atoms with van der Waals surface area (Å²) in [5.74, 6) is 0.668. The van der Waals surface area contributed by atoms with Crippen molar-refractivity contribution < 1.29 is 0 Å². The van der Waals surface area contributed by atoms with E-state index in [1.54, 1.807) is 0 Å². The van der Waals surface area contributed by atoms with Gasteiger partial charge in [0.15, 0.2) is 0 Å². The van der Waals surface area contributed by atoms with E-state index in [9.17, 15) is 0 Å². The van der Waals surface area contributed by atoms with Crippen molar-refractivity contribution in [3.63, 3.8) is 0 Å². The summed E-state index contributed by atoms with van der Waals surface area (Å²) in [6.07, 6.45) is 2.42. The van der Waals surface area contributed by atoms with E-state index in [-0.39, 0.29) is 0 Å². The normalized spacial score (nSPS) is 22.1. The van der Waals surface area contributed by atoms with Gasteiger partial charge in [0.2, 0.25) is 0 Å². The summed E-state index contributed by atoms with van der Waals surface area (Å²) in [5.41, 5.74) is 4.88. The van der Waals surface area contributed by atoms with E-state index in [1.165, 1.54) is 16.7 Å². The minimum atomic E-state index is 0.295. The third-order valence-corrected chi connectivity index (χ3v) is 3.10. The molecule has 1 aliphatic carbocycles. The van der Waals surface area contributed by atoms with Crippen LogP contribution in [0.2, 0.25) is 0 Å². The fourth-order valence-corrected chi connectivity index (χ4v) is 1.90. The van der Waals surface area contributed by atoms with Crippen LogP contribution in [0, 0.1) is 11.3 Å². The first kappa shape index (κ1) is 9.57. The summed E-state index contributed by atoms with van der Waals surface area (Å²) in [7, 11) is 0. The van der Waals surface area contributed by atoms with Crippen LogP contribution in [-0.2, 0) is 0 Å². The molecule has 0 saturated heterocycles. The lowest BCUT2D eigenvalue weighted by Gasteiger charge is -2.17. The van der Waals surface area contributed by atoms with E-state index < -0.39 is 0 Å². The molecule has 0 heterocycles. The molecule has 0 atom stereocenters. The number of hydrogen-bond acceptors (Lipinski definition) is 0. The van der Waals surface area contributed by atoms with Gasteiger partial charge in [0, 0.05) is 5.41 Å². The van der Waals surface area contributed by atoms with Crippen molar-refractivity contribution in [2.45, 2.75) is 41.5 Å². The largest absolute Gasteiger partial charge is 0.0711 e. The fourth-order valence-electron chi connectivity index (χ4n) is 1.90. The van der Waals surface area contributed by atoms with Crippen molar-refractivity contribution >= 4 is 0 Å². The van der Waals surface area contributed by atoms with Crippen LogP contribution in [0.3, 0.4) is 0 Å². The lowest BCUT2D eigenvalue weighted by atomic mass is 9.88. The zero-order valence-corrected chi connectivity index (χ0v) is 9.15. The van der Waals surface area contributed by atoms with Crippen LogP contribution in [0.15, 0.2) is 22.8 Å². The minimum Gasteiger partial charge on any atom is -0.0711 e. The van der Waals surface area contributed by atoms with Gasteiger partial charge in [-0.25, -0.2) is 0 Å². The number of hydrogen-bond donors (Lipinski definition) is 0. The highest BCUT2D eigenvalue weighted by Crippen LogP contribution is 2.42. The molecule has 0 heteroatoms. The summed E-state index contributed by atoms with van der Waals surface area (Å²) in [4.78, 5) is 0. The molecule has 0 aromatic rings. The number of allylic oxidation sites excluding steroid dienone is 4. The highest BCUT2D eigenvalue weighted by atomic mass is 14.3. The van der Waals surface area contributed by atoms with E-state index in [0.717, 1.165) is 0 Å². The third-order valence-electron chi connectivity index (χ3n) is 3.10. The monoisotopic (exact) mass is 164 g/mol. The molecule has 0 spiro atoms. The molecule has 1 aliphatic rings. The van der Waals surface area contributed by atoms with Crippen LogP contribution in [0.5, 0.6) is 0 Å². The Kier molecular flexibility index (Phi) is 2.20. The van der Waals surface area contributed by atoms with Crippen LogP contribution in [-0.4, -0.2) is 0 Å². The average molecular weight is 164 g/mol. The van der Waals surface area contributed by atoms with Crippen LogP contribution >= 0.6 is 0 Å². The Morgan fingerprint density at radius 1 is 1.17 bits per heavy atom. The molecular weight excluding hydrogens is 144 g/mol. The Labute approximate surface area is 76.4 Å². The maximum atomic E-state index is 2.42. The second kappa shape index (κ2) is 2.76. The molecule has 0 radical (unpaired) electrons. The molecule has 0 amide bonds. The lowest BCUT2D eigenvalue weighted by molar-refractivity contribution is 0.585. The standard InChI is InChI=1S/C12H20/c1-8(2)11-7-12(5,6)10(4)9(11)3/h7-8H,1-6H3. The SMILES string of the molecule is CC1=C(C)C(C)(C)C=C1C(C)C.